The van der Waals surface area contributed by atoms with Gasteiger partial charge in [-0.15, -0.1) is 0 Å². The minimum atomic E-state index is -3.71. The van der Waals surface area contributed by atoms with Crippen LogP contribution in [-0.2, 0) is 15.8 Å². The summed E-state index contributed by atoms with van der Waals surface area (Å²) >= 11 is -3.71. The zero-order chi connectivity index (χ0) is 15.3. The molecule has 0 amide bonds. The van der Waals surface area contributed by atoms with E-state index in [1.165, 1.54) is 26.7 Å². The van der Waals surface area contributed by atoms with Crippen LogP contribution in [0, 0.1) is 5.92 Å². The molecule has 21 heavy (non-hydrogen) atoms. The van der Waals surface area contributed by atoms with Crippen molar-refractivity contribution in [2.75, 3.05) is 0 Å². The minimum absolute atomic E-state index is 0.362. The van der Waals surface area contributed by atoms with Gasteiger partial charge < -0.3 is 0 Å². The Kier molecular flexibility index (Phi) is 5.66. The summed E-state index contributed by atoms with van der Waals surface area (Å²) in [5.41, 5.74) is 0. The predicted octanol–water partition coefficient (Wildman–Crippen LogP) is 2.65. The summed E-state index contributed by atoms with van der Waals surface area (Å²) < 4.78 is 13.0. The molecule has 5 heteroatoms. The summed E-state index contributed by atoms with van der Waals surface area (Å²) in [6, 6.07) is 9.55. The molecule has 1 fully saturated rings. The summed E-state index contributed by atoms with van der Waals surface area (Å²) in [6.07, 6.45) is 4.67. The van der Waals surface area contributed by atoms with Gasteiger partial charge in [0, 0.05) is 0 Å². The molecule has 0 bridgehead atoms. The van der Waals surface area contributed by atoms with E-state index in [4.69, 9.17) is 6.20 Å². The van der Waals surface area contributed by atoms with Crippen LogP contribution in [0.4, 0.5) is 0 Å². The first-order chi connectivity index (χ1) is 10.0. The maximum absolute atomic E-state index is 11.6. The van der Waals surface area contributed by atoms with Gasteiger partial charge in [0.2, 0.25) is 0 Å². The maximum atomic E-state index is 11.6. The average Bonchev–Trinajstić information content (AvgIpc) is 2.90. The number of hydrogen-bond donors (Lipinski definition) is 0. The quantitative estimate of drug-likeness (QED) is 0.707. The summed E-state index contributed by atoms with van der Waals surface area (Å²) in [7, 11) is 0. The van der Waals surface area contributed by atoms with Crippen LogP contribution in [0.25, 0.3) is 0 Å². The molecule has 2 rings (SSSR count). The fourth-order valence-corrected chi connectivity index (χ4v) is 10.9. The van der Waals surface area contributed by atoms with Crippen molar-refractivity contribution in [2.45, 2.75) is 44.0 Å². The van der Waals surface area contributed by atoms with Crippen molar-refractivity contribution in [3.05, 3.63) is 30.3 Å². The van der Waals surface area contributed by atoms with Crippen LogP contribution in [0.5, 0.6) is 0 Å². The Bertz CT molecular complexity index is 478. The van der Waals surface area contributed by atoms with Crippen LogP contribution in [-0.4, -0.2) is 30.9 Å². The van der Waals surface area contributed by atoms with E-state index in [1.54, 1.807) is 0 Å². The second-order valence-electron chi connectivity index (χ2n) is 5.39. The Labute approximate surface area is 130 Å². The van der Waals surface area contributed by atoms with Gasteiger partial charge in [0.25, 0.3) is 0 Å². The Morgan fingerprint density at radius 3 is 2.05 bits per heavy atom. The van der Waals surface area contributed by atoms with Gasteiger partial charge in [0.05, 0.1) is 0 Å². The standard InChI is InChI=1S/C16H22O4Te/c1-13(17)19-21(20-14(2)18,12-15-8-6-7-9-15)16-10-4-3-5-11-16/h3-5,10-11,15H,6-9,12H2,1-2H3. The first-order valence-corrected chi connectivity index (χ1v) is 12.0. The molecule has 0 saturated heterocycles. The second kappa shape index (κ2) is 7.28. The van der Waals surface area contributed by atoms with Gasteiger partial charge in [-0.3, -0.25) is 0 Å². The van der Waals surface area contributed by atoms with Gasteiger partial charge in [0.1, 0.15) is 0 Å². The van der Waals surface area contributed by atoms with E-state index in [2.05, 4.69) is 0 Å². The second-order valence-corrected chi connectivity index (χ2v) is 12.2. The van der Waals surface area contributed by atoms with E-state index < -0.39 is 19.0 Å². The zero-order valence-corrected chi connectivity index (χ0v) is 14.9. The van der Waals surface area contributed by atoms with Crippen LogP contribution in [0.2, 0.25) is 4.47 Å². The first-order valence-electron chi connectivity index (χ1n) is 7.28. The van der Waals surface area contributed by atoms with Gasteiger partial charge in [0.15, 0.2) is 0 Å². The van der Waals surface area contributed by atoms with Crippen LogP contribution >= 0.6 is 0 Å². The molecule has 1 aliphatic rings. The average molecular weight is 406 g/mol. The Morgan fingerprint density at radius 2 is 1.57 bits per heavy atom. The molecule has 0 spiro atoms. The van der Waals surface area contributed by atoms with Crippen LogP contribution < -0.4 is 3.61 Å². The molecule has 0 aromatic heterocycles. The first kappa shape index (κ1) is 16.3. The van der Waals surface area contributed by atoms with Crippen molar-refractivity contribution in [1.29, 1.82) is 0 Å². The van der Waals surface area contributed by atoms with Gasteiger partial charge in [-0.2, -0.15) is 0 Å². The fourth-order valence-electron chi connectivity index (χ4n) is 2.77. The molecule has 0 heterocycles. The van der Waals surface area contributed by atoms with E-state index in [0.717, 1.165) is 16.5 Å². The molecular weight excluding hydrogens is 384 g/mol. The van der Waals surface area contributed by atoms with Crippen molar-refractivity contribution in [2.24, 2.45) is 5.92 Å². The molecule has 116 valence electrons. The van der Waals surface area contributed by atoms with Gasteiger partial charge in [-0.1, -0.05) is 0 Å². The fraction of sp³-hybridized carbons (Fsp3) is 0.500. The third-order valence-electron chi connectivity index (χ3n) is 3.54. The van der Waals surface area contributed by atoms with E-state index in [-0.39, 0.29) is 11.9 Å². The molecule has 0 unspecified atom stereocenters. The van der Waals surface area contributed by atoms with Gasteiger partial charge in [-0.25, -0.2) is 0 Å². The number of carbonyl (C=O) groups is 2. The zero-order valence-electron chi connectivity index (χ0n) is 12.5. The number of rotatable bonds is 5. The van der Waals surface area contributed by atoms with Crippen molar-refractivity contribution >= 4 is 34.6 Å². The number of carbonyl (C=O) groups excluding carboxylic acids is 2. The Balaban J connectivity index is 2.36. The van der Waals surface area contributed by atoms with E-state index in [0.29, 0.717) is 10.4 Å². The molecule has 1 aromatic carbocycles. The van der Waals surface area contributed by atoms with E-state index >= 15 is 0 Å². The Morgan fingerprint density at radius 1 is 1.05 bits per heavy atom. The van der Waals surface area contributed by atoms with Crippen LogP contribution in [0.3, 0.4) is 0 Å². The molecule has 0 aliphatic heterocycles. The predicted molar refractivity (Wildman–Crippen MR) is 82.1 cm³/mol. The third kappa shape index (κ3) is 4.46. The molecule has 0 radical (unpaired) electrons. The molecule has 1 saturated carbocycles. The molecule has 1 aromatic rings. The van der Waals surface area contributed by atoms with Crippen molar-refractivity contribution in [1.82, 2.24) is 0 Å². The normalized spacial score (nSPS) is 16.5. The summed E-state index contributed by atoms with van der Waals surface area (Å²) in [4.78, 5) is 23.2. The molecule has 4 nitrogen and oxygen atoms in total. The summed E-state index contributed by atoms with van der Waals surface area (Å²) in [6.45, 7) is 2.78. The molecular formula is C16H22O4Te. The van der Waals surface area contributed by atoms with Crippen LogP contribution in [0.15, 0.2) is 30.3 Å². The van der Waals surface area contributed by atoms with Gasteiger partial charge in [-0.05, 0) is 0 Å². The molecule has 0 N–H and O–H groups in total. The van der Waals surface area contributed by atoms with Crippen molar-refractivity contribution < 1.29 is 15.8 Å². The van der Waals surface area contributed by atoms with E-state index in [1.807, 2.05) is 30.3 Å². The summed E-state index contributed by atoms with van der Waals surface area (Å²) in [5, 5.41) is 0. The van der Waals surface area contributed by atoms with Gasteiger partial charge >= 0.3 is 131 Å². The molecule has 0 atom stereocenters. The molecule has 1 aliphatic carbocycles. The van der Waals surface area contributed by atoms with E-state index in [9.17, 15) is 9.59 Å². The van der Waals surface area contributed by atoms with Crippen molar-refractivity contribution in [3.8, 4) is 0 Å². The van der Waals surface area contributed by atoms with Crippen LogP contribution in [0.1, 0.15) is 39.5 Å². The topological polar surface area (TPSA) is 52.6 Å². The SMILES string of the molecule is CC(=O)O[Te](CC1CCCC1)(OC(C)=O)c1ccccc1. The number of hydrogen-bond acceptors (Lipinski definition) is 4. The Hall–Kier alpha value is -1.05. The summed E-state index contributed by atoms with van der Waals surface area (Å²) in [5.74, 6) is -0.233. The number of benzene rings is 1. The monoisotopic (exact) mass is 408 g/mol. The van der Waals surface area contributed by atoms with Crippen molar-refractivity contribution in [3.63, 3.8) is 0 Å². The third-order valence-corrected chi connectivity index (χ3v) is 11.8.